The predicted octanol–water partition coefficient (Wildman–Crippen LogP) is 1.84. The summed E-state index contributed by atoms with van der Waals surface area (Å²) in [4.78, 5) is 13.9. The summed E-state index contributed by atoms with van der Waals surface area (Å²) >= 11 is 0. The summed E-state index contributed by atoms with van der Waals surface area (Å²) < 4.78 is 11.5. The van der Waals surface area contributed by atoms with E-state index >= 15 is 0 Å². The molecule has 2 rings (SSSR count). The summed E-state index contributed by atoms with van der Waals surface area (Å²) in [6, 6.07) is 7.57. The lowest BCUT2D eigenvalue weighted by molar-refractivity contribution is -0.132. The van der Waals surface area contributed by atoms with E-state index < -0.39 is 0 Å². The fourth-order valence-corrected chi connectivity index (χ4v) is 2.35. The Morgan fingerprint density at radius 1 is 1.33 bits per heavy atom. The number of carbonyl (C=O) groups excluding carboxylic acids is 1. The van der Waals surface area contributed by atoms with Crippen molar-refractivity contribution < 1.29 is 19.4 Å². The minimum atomic E-state index is -0.137. The first-order valence-corrected chi connectivity index (χ1v) is 7.51. The van der Waals surface area contributed by atoms with Gasteiger partial charge in [-0.3, -0.25) is 4.79 Å². The van der Waals surface area contributed by atoms with Gasteiger partial charge in [-0.25, -0.2) is 0 Å². The number of ether oxygens (including phenoxy) is 2. The highest BCUT2D eigenvalue weighted by Gasteiger charge is 2.24. The molecule has 1 heterocycles. The van der Waals surface area contributed by atoms with Crippen molar-refractivity contribution in [3.05, 3.63) is 24.3 Å². The fraction of sp³-hybridized carbons (Fsp3) is 0.562. The maximum atomic E-state index is 12.1. The maximum Gasteiger partial charge on any atom is 0.222 e. The van der Waals surface area contributed by atoms with Gasteiger partial charge >= 0.3 is 0 Å². The van der Waals surface area contributed by atoms with E-state index in [1.54, 1.807) is 4.90 Å². The van der Waals surface area contributed by atoms with Gasteiger partial charge in [-0.2, -0.15) is 0 Å². The highest BCUT2D eigenvalue weighted by Crippen LogP contribution is 2.31. The van der Waals surface area contributed by atoms with Gasteiger partial charge < -0.3 is 19.5 Å². The highest BCUT2D eigenvalue weighted by atomic mass is 16.6. The number of aliphatic hydroxyl groups excluding tert-OH is 1. The van der Waals surface area contributed by atoms with Crippen molar-refractivity contribution in [3.63, 3.8) is 0 Å². The Hall–Kier alpha value is -1.75. The van der Waals surface area contributed by atoms with Crippen molar-refractivity contribution in [2.24, 2.45) is 0 Å². The van der Waals surface area contributed by atoms with Gasteiger partial charge in [0.1, 0.15) is 6.61 Å². The molecule has 5 heteroatoms. The number of unbranched alkanes of at least 4 members (excludes halogenated alkanes) is 1. The number of rotatable bonds is 7. The summed E-state index contributed by atoms with van der Waals surface area (Å²) in [5.74, 6) is 1.59. The monoisotopic (exact) mass is 293 g/mol. The van der Waals surface area contributed by atoms with Crippen molar-refractivity contribution in [1.82, 2.24) is 4.90 Å². The zero-order chi connectivity index (χ0) is 15.1. The van der Waals surface area contributed by atoms with Crippen LogP contribution in [0.15, 0.2) is 24.3 Å². The Morgan fingerprint density at radius 3 is 2.81 bits per heavy atom. The number of fused-ring (bicyclic) bond motifs is 1. The van der Waals surface area contributed by atoms with Crippen LogP contribution >= 0.6 is 0 Å². The number of hydrogen-bond donors (Lipinski definition) is 1. The normalized spacial score (nSPS) is 16.6. The van der Waals surface area contributed by atoms with Crippen LogP contribution in [0.25, 0.3) is 0 Å². The average molecular weight is 293 g/mol. The van der Waals surface area contributed by atoms with Gasteiger partial charge in [0.25, 0.3) is 0 Å². The lowest BCUT2D eigenvalue weighted by Crippen LogP contribution is -2.43. The van der Waals surface area contributed by atoms with E-state index in [1.807, 2.05) is 31.2 Å². The summed E-state index contributed by atoms with van der Waals surface area (Å²) in [7, 11) is 0. The number of aliphatic hydroxyl groups is 1. The molecule has 0 saturated carbocycles. The van der Waals surface area contributed by atoms with Crippen LogP contribution in [0.1, 0.15) is 26.2 Å². The third-order valence-corrected chi connectivity index (χ3v) is 3.52. The summed E-state index contributed by atoms with van der Waals surface area (Å²) in [6.45, 7) is 3.73. The van der Waals surface area contributed by atoms with Gasteiger partial charge in [-0.05, 0) is 31.9 Å². The van der Waals surface area contributed by atoms with E-state index in [9.17, 15) is 4.79 Å². The van der Waals surface area contributed by atoms with Gasteiger partial charge in [-0.1, -0.05) is 12.1 Å². The summed E-state index contributed by atoms with van der Waals surface area (Å²) in [5, 5.41) is 8.77. The predicted molar refractivity (Wildman–Crippen MR) is 79.5 cm³/mol. The Morgan fingerprint density at radius 2 is 2.10 bits per heavy atom. The van der Waals surface area contributed by atoms with Crippen molar-refractivity contribution >= 4 is 5.91 Å². The van der Waals surface area contributed by atoms with Crippen LogP contribution in [0.3, 0.4) is 0 Å². The highest BCUT2D eigenvalue weighted by molar-refractivity contribution is 5.76. The number of amides is 1. The van der Waals surface area contributed by atoms with E-state index in [2.05, 4.69) is 0 Å². The summed E-state index contributed by atoms with van der Waals surface area (Å²) in [5.41, 5.74) is 0. The van der Waals surface area contributed by atoms with E-state index in [0.29, 0.717) is 32.5 Å². The minimum absolute atomic E-state index is 0.105. The number of hydrogen-bond acceptors (Lipinski definition) is 4. The molecule has 1 aromatic carbocycles. The van der Waals surface area contributed by atoms with Gasteiger partial charge in [0.2, 0.25) is 5.91 Å². The second-order valence-electron chi connectivity index (χ2n) is 5.11. The quantitative estimate of drug-likeness (QED) is 0.779. The van der Waals surface area contributed by atoms with Crippen molar-refractivity contribution in [2.45, 2.75) is 32.3 Å². The molecule has 1 aliphatic rings. The molecule has 0 radical (unpaired) electrons. The van der Waals surface area contributed by atoms with Crippen LogP contribution in [0.4, 0.5) is 0 Å². The third-order valence-electron chi connectivity index (χ3n) is 3.52. The molecule has 1 aromatic rings. The Balaban J connectivity index is 1.86. The molecule has 1 N–H and O–H groups in total. The SMILES string of the molecule is CCN(CC1COc2ccccc2O1)C(=O)CCCCO. The smallest absolute Gasteiger partial charge is 0.222 e. The lowest BCUT2D eigenvalue weighted by atomic mass is 10.2. The zero-order valence-corrected chi connectivity index (χ0v) is 12.5. The molecule has 1 amide bonds. The number of benzene rings is 1. The first-order valence-electron chi connectivity index (χ1n) is 7.51. The second-order valence-corrected chi connectivity index (χ2v) is 5.11. The van der Waals surface area contributed by atoms with E-state index in [4.69, 9.17) is 14.6 Å². The molecular weight excluding hydrogens is 270 g/mol. The number of nitrogens with zero attached hydrogens (tertiary/aromatic N) is 1. The molecule has 1 aliphatic heterocycles. The molecule has 21 heavy (non-hydrogen) atoms. The molecule has 116 valence electrons. The molecule has 5 nitrogen and oxygen atoms in total. The lowest BCUT2D eigenvalue weighted by Gasteiger charge is -2.31. The zero-order valence-electron chi connectivity index (χ0n) is 12.5. The molecule has 0 saturated heterocycles. The van der Waals surface area contributed by atoms with Gasteiger partial charge in [0.05, 0.1) is 6.54 Å². The summed E-state index contributed by atoms with van der Waals surface area (Å²) in [6.07, 6.45) is 1.72. The Labute approximate surface area is 125 Å². The molecule has 1 atom stereocenters. The number of likely N-dealkylation sites (N-methyl/N-ethyl adjacent to an activating group) is 1. The molecule has 0 spiro atoms. The number of carbonyl (C=O) groups is 1. The average Bonchev–Trinajstić information content (AvgIpc) is 2.52. The van der Waals surface area contributed by atoms with Crippen LogP contribution in [-0.2, 0) is 4.79 Å². The van der Waals surface area contributed by atoms with E-state index in [1.165, 1.54) is 0 Å². The second kappa shape index (κ2) is 7.88. The molecule has 1 unspecified atom stereocenters. The standard InChI is InChI=1S/C16H23NO4/c1-2-17(16(19)9-5-6-10-18)11-13-12-20-14-7-3-4-8-15(14)21-13/h3-4,7-8,13,18H,2,5-6,9-12H2,1H3. The largest absolute Gasteiger partial charge is 0.486 e. The Kier molecular flexibility index (Phi) is 5.87. The molecule has 0 bridgehead atoms. The van der Waals surface area contributed by atoms with Crippen LogP contribution in [0.2, 0.25) is 0 Å². The third kappa shape index (κ3) is 4.36. The van der Waals surface area contributed by atoms with Crippen LogP contribution < -0.4 is 9.47 Å². The van der Waals surface area contributed by atoms with E-state index in [0.717, 1.165) is 17.9 Å². The first-order chi connectivity index (χ1) is 10.2. The van der Waals surface area contributed by atoms with Crippen molar-refractivity contribution in [3.8, 4) is 11.5 Å². The van der Waals surface area contributed by atoms with Crippen LogP contribution in [0.5, 0.6) is 11.5 Å². The fourth-order valence-electron chi connectivity index (χ4n) is 2.35. The van der Waals surface area contributed by atoms with Crippen LogP contribution in [0, 0.1) is 0 Å². The van der Waals surface area contributed by atoms with Gasteiger partial charge in [0, 0.05) is 19.6 Å². The topological polar surface area (TPSA) is 59.0 Å². The Bertz CT molecular complexity index is 463. The van der Waals surface area contributed by atoms with Crippen molar-refractivity contribution in [2.75, 3.05) is 26.3 Å². The molecule has 0 aliphatic carbocycles. The maximum absolute atomic E-state index is 12.1. The van der Waals surface area contributed by atoms with Crippen LogP contribution in [-0.4, -0.2) is 48.3 Å². The van der Waals surface area contributed by atoms with Crippen molar-refractivity contribution in [1.29, 1.82) is 0 Å². The minimum Gasteiger partial charge on any atom is -0.486 e. The van der Waals surface area contributed by atoms with Gasteiger partial charge in [-0.15, -0.1) is 0 Å². The van der Waals surface area contributed by atoms with E-state index in [-0.39, 0.29) is 18.6 Å². The van der Waals surface area contributed by atoms with Gasteiger partial charge in [0.15, 0.2) is 17.6 Å². The molecular formula is C16H23NO4. The molecule has 0 fully saturated rings. The molecule has 0 aromatic heterocycles. The first kappa shape index (κ1) is 15.6. The number of para-hydroxylation sites is 2.